The molecule has 7 heteroatoms. The van der Waals surface area contributed by atoms with Crippen molar-refractivity contribution in [2.75, 3.05) is 19.7 Å². The molecule has 0 aliphatic rings. The van der Waals surface area contributed by atoms with Crippen molar-refractivity contribution in [3.63, 3.8) is 0 Å². The van der Waals surface area contributed by atoms with Crippen LogP contribution in [0.4, 0.5) is 0 Å². The average molecular weight is 268 g/mol. The second kappa shape index (κ2) is 6.86. The Morgan fingerprint density at radius 1 is 1.37 bits per heavy atom. The van der Waals surface area contributed by atoms with Crippen LogP contribution in [-0.2, 0) is 9.53 Å². The lowest BCUT2D eigenvalue weighted by Gasteiger charge is -2.17. The van der Waals surface area contributed by atoms with Crippen molar-refractivity contribution in [2.24, 2.45) is 0 Å². The third-order valence-corrected chi connectivity index (χ3v) is 2.54. The van der Waals surface area contributed by atoms with E-state index < -0.39 is 5.97 Å². The first-order valence-electron chi connectivity index (χ1n) is 6.36. The minimum atomic E-state index is -0.433. The summed E-state index contributed by atoms with van der Waals surface area (Å²) in [7, 11) is 0. The van der Waals surface area contributed by atoms with E-state index in [1.165, 1.54) is 4.90 Å². The predicted molar refractivity (Wildman–Crippen MR) is 68.7 cm³/mol. The number of likely N-dealkylation sites (N-methyl/N-ethyl adjacent to an activating group) is 1. The van der Waals surface area contributed by atoms with Gasteiger partial charge in [0.1, 0.15) is 12.4 Å². The van der Waals surface area contributed by atoms with Gasteiger partial charge in [-0.15, -0.1) is 5.10 Å². The molecule has 106 valence electrons. The SMILES string of the molecule is CCOC(=O)CN(CC)C(=O)c1n[nH]c(C(C)C)n1. The van der Waals surface area contributed by atoms with Crippen LogP contribution in [0.3, 0.4) is 0 Å². The Bertz CT molecular complexity index is 442. The molecular formula is C12H20N4O3. The van der Waals surface area contributed by atoms with Gasteiger partial charge in [0.05, 0.1) is 6.61 Å². The fourth-order valence-corrected chi connectivity index (χ4v) is 1.46. The standard InChI is InChI=1S/C12H20N4O3/c1-5-16(7-9(17)19-6-2)12(18)11-13-10(8(3)4)14-15-11/h8H,5-7H2,1-4H3,(H,13,14,15). The first-order valence-corrected chi connectivity index (χ1v) is 6.36. The van der Waals surface area contributed by atoms with Crippen LogP contribution in [0.5, 0.6) is 0 Å². The number of hydrogen-bond acceptors (Lipinski definition) is 5. The van der Waals surface area contributed by atoms with Gasteiger partial charge in [-0.25, -0.2) is 4.98 Å². The summed E-state index contributed by atoms with van der Waals surface area (Å²) in [6.45, 7) is 8.00. The largest absolute Gasteiger partial charge is 0.465 e. The molecule has 19 heavy (non-hydrogen) atoms. The summed E-state index contributed by atoms with van der Waals surface area (Å²) in [5, 5.41) is 6.60. The zero-order chi connectivity index (χ0) is 14.4. The topological polar surface area (TPSA) is 88.2 Å². The number of aromatic amines is 1. The fourth-order valence-electron chi connectivity index (χ4n) is 1.46. The highest BCUT2D eigenvalue weighted by molar-refractivity contribution is 5.92. The normalized spacial score (nSPS) is 10.6. The lowest BCUT2D eigenvalue weighted by molar-refractivity contribution is -0.143. The molecule has 0 fully saturated rings. The van der Waals surface area contributed by atoms with Gasteiger partial charge >= 0.3 is 5.97 Å². The predicted octanol–water partition coefficient (Wildman–Crippen LogP) is 0.953. The summed E-state index contributed by atoms with van der Waals surface area (Å²) < 4.78 is 4.82. The zero-order valence-electron chi connectivity index (χ0n) is 11.8. The molecular weight excluding hydrogens is 248 g/mol. The lowest BCUT2D eigenvalue weighted by Crippen LogP contribution is -2.36. The number of nitrogens with one attached hydrogen (secondary N) is 1. The number of hydrogen-bond donors (Lipinski definition) is 1. The molecule has 0 saturated carbocycles. The third kappa shape index (κ3) is 4.04. The van der Waals surface area contributed by atoms with E-state index in [-0.39, 0.29) is 24.2 Å². The van der Waals surface area contributed by atoms with Crippen molar-refractivity contribution in [1.29, 1.82) is 0 Å². The number of rotatable bonds is 6. The highest BCUT2D eigenvalue weighted by Crippen LogP contribution is 2.09. The molecule has 0 aromatic carbocycles. The average Bonchev–Trinajstić information content (AvgIpc) is 2.85. The van der Waals surface area contributed by atoms with Gasteiger partial charge in [0, 0.05) is 12.5 Å². The molecule has 7 nitrogen and oxygen atoms in total. The van der Waals surface area contributed by atoms with Crippen molar-refractivity contribution in [1.82, 2.24) is 20.1 Å². The molecule has 0 spiro atoms. The number of carbonyl (C=O) groups excluding carboxylic acids is 2. The number of esters is 1. The molecule has 1 N–H and O–H groups in total. The van der Waals surface area contributed by atoms with E-state index in [0.717, 1.165) is 0 Å². The molecule has 1 rings (SSSR count). The smallest absolute Gasteiger partial charge is 0.325 e. The van der Waals surface area contributed by atoms with Crippen LogP contribution in [0.15, 0.2) is 0 Å². The third-order valence-electron chi connectivity index (χ3n) is 2.54. The summed E-state index contributed by atoms with van der Waals surface area (Å²) in [4.78, 5) is 29.0. The molecule has 1 aromatic heterocycles. The second-order valence-corrected chi connectivity index (χ2v) is 4.32. The Balaban J connectivity index is 2.74. The number of ether oxygens (including phenoxy) is 1. The van der Waals surface area contributed by atoms with Gasteiger partial charge in [-0.05, 0) is 13.8 Å². The van der Waals surface area contributed by atoms with E-state index in [9.17, 15) is 9.59 Å². The number of amides is 1. The molecule has 0 unspecified atom stereocenters. The van der Waals surface area contributed by atoms with Gasteiger partial charge in [0.15, 0.2) is 0 Å². The first kappa shape index (κ1) is 15.1. The fraction of sp³-hybridized carbons (Fsp3) is 0.667. The Kier molecular flexibility index (Phi) is 5.47. The minimum Gasteiger partial charge on any atom is -0.465 e. The maximum absolute atomic E-state index is 12.1. The molecule has 1 amide bonds. The number of nitrogens with zero attached hydrogens (tertiary/aromatic N) is 3. The van der Waals surface area contributed by atoms with Crippen LogP contribution in [0.2, 0.25) is 0 Å². The monoisotopic (exact) mass is 268 g/mol. The van der Waals surface area contributed by atoms with E-state index in [0.29, 0.717) is 19.0 Å². The van der Waals surface area contributed by atoms with Gasteiger partial charge in [0.25, 0.3) is 5.91 Å². The molecule has 0 bridgehead atoms. The van der Waals surface area contributed by atoms with E-state index in [1.54, 1.807) is 13.8 Å². The van der Waals surface area contributed by atoms with E-state index in [1.807, 2.05) is 13.8 Å². The van der Waals surface area contributed by atoms with E-state index in [2.05, 4.69) is 15.2 Å². The van der Waals surface area contributed by atoms with E-state index in [4.69, 9.17) is 4.74 Å². The van der Waals surface area contributed by atoms with Gasteiger partial charge in [0.2, 0.25) is 5.82 Å². The summed E-state index contributed by atoms with van der Waals surface area (Å²) >= 11 is 0. The molecule has 0 aliphatic heterocycles. The van der Waals surface area contributed by atoms with Gasteiger partial charge < -0.3 is 9.64 Å². The maximum atomic E-state index is 12.1. The van der Waals surface area contributed by atoms with Crippen LogP contribution in [-0.4, -0.2) is 51.7 Å². The Morgan fingerprint density at radius 3 is 2.53 bits per heavy atom. The van der Waals surface area contributed by atoms with Crippen molar-refractivity contribution >= 4 is 11.9 Å². The van der Waals surface area contributed by atoms with Crippen LogP contribution in [0.25, 0.3) is 0 Å². The molecule has 1 aromatic rings. The zero-order valence-corrected chi connectivity index (χ0v) is 11.8. The van der Waals surface area contributed by atoms with Crippen LogP contribution in [0, 0.1) is 0 Å². The van der Waals surface area contributed by atoms with Crippen molar-refractivity contribution in [2.45, 2.75) is 33.6 Å². The van der Waals surface area contributed by atoms with Crippen molar-refractivity contribution < 1.29 is 14.3 Å². The number of aromatic nitrogens is 3. The highest BCUT2D eigenvalue weighted by Gasteiger charge is 2.22. The van der Waals surface area contributed by atoms with Crippen LogP contribution >= 0.6 is 0 Å². The summed E-state index contributed by atoms with van der Waals surface area (Å²) in [6.07, 6.45) is 0. The molecule has 0 atom stereocenters. The summed E-state index contributed by atoms with van der Waals surface area (Å²) in [6, 6.07) is 0. The van der Waals surface area contributed by atoms with Gasteiger partial charge in [-0.1, -0.05) is 13.8 Å². The lowest BCUT2D eigenvalue weighted by atomic mass is 10.2. The highest BCUT2D eigenvalue weighted by atomic mass is 16.5. The quantitative estimate of drug-likeness (QED) is 0.776. The number of carbonyl (C=O) groups is 2. The van der Waals surface area contributed by atoms with Crippen LogP contribution < -0.4 is 0 Å². The Labute approximate surface area is 112 Å². The second-order valence-electron chi connectivity index (χ2n) is 4.32. The first-order chi connectivity index (χ1) is 8.99. The van der Waals surface area contributed by atoms with Crippen molar-refractivity contribution in [3.8, 4) is 0 Å². The van der Waals surface area contributed by atoms with E-state index >= 15 is 0 Å². The Morgan fingerprint density at radius 2 is 2.05 bits per heavy atom. The van der Waals surface area contributed by atoms with Gasteiger partial charge in [-0.3, -0.25) is 14.7 Å². The van der Waals surface area contributed by atoms with Crippen molar-refractivity contribution in [3.05, 3.63) is 11.6 Å². The minimum absolute atomic E-state index is 0.0786. The Hall–Kier alpha value is -1.92. The molecule has 0 aliphatic carbocycles. The van der Waals surface area contributed by atoms with Gasteiger partial charge in [-0.2, -0.15) is 0 Å². The number of H-pyrrole nitrogens is 1. The molecule has 1 heterocycles. The van der Waals surface area contributed by atoms with Crippen LogP contribution in [0.1, 0.15) is 50.1 Å². The summed E-state index contributed by atoms with van der Waals surface area (Å²) in [5.41, 5.74) is 0. The molecule has 0 saturated heterocycles. The summed E-state index contributed by atoms with van der Waals surface area (Å²) in [5.74, 6) is 0.0793. The molecule has 0 radical (unpaired) electrons. The maximum Gasteiger partial charge on any atom is 0.325 e.